The first-order chi connectivity index (χ1) is 12.5. The number of ether oxygens (including phenoxy) is 1. The van der Waals surface area contributed by atoms with Crippen LogP contribution in [-0.4, -0.2) is 72.7 Å². The Hall–Kier alpha value is -1.60. The summed E-state index contributed by atoms with van der Waals surface area (Å²) < 4.78 is 11.3. The molecule has 2 fully saturated rings. The van der Waals surface area contributed by atoms with Gasteiger partial charge < -0.3 is 19.4 Å². The van der Waals surface area contributed by atoms with Gasteiger partial charge in [0.25, 0.3) is 0 Å². The molecule has 7 heteroatoms. The Balaban J connectivity index is 1.61. The van der Waals surface area contributed by atoms with E-state index in [4.69, 9.17) is 14.1 Å². The van der Waals surface area contributed by atoms with E-state index in [1.807, 2.05) is 6.20 Å². The predicted molar refractivity (Wildman–Crippen MR) is 102 cm³/mol. The predicted octanol–water partition coefficient (Wildman–Crippen LogP) is 1.84. The number of hydrogen-bond acceptors (Lipinski definition) is 5. The molecular formula is C19H33N5O2. The van der Waals surface area contributed by atoms with Gasteiger partial charge in [-0.1, -0.05) is 20.8 Å². The lowest BCUT2D eigenvalue weighted by Crippen LogP contribution is -2.46. The Morgan fingerprint density at radius 2 is 2.08 bits per heavy atom. The van der Waals surface area contributed by atoms with Crippen LogP contribution in [0.1, 0.15) is 45.8 Å². The fourth-order valence-corrected chi connectivity index (χ4v) is 3.47. The van der Waals surface area contributed by atoms with Gasteiger partial charge in [-0.2, -0.15) is 0 Å². The van der Waals surface area contributed by atoms with Crippen molar-refractivity contribution in [2.45, 2.75) is 52.1 Å². The van der Waals surface area contributed by atoms with Crippen molar-refractivity contribution < 1.29 is 9.15 Å². The Morgan fingerprint density at radius 3 is 2.73 bits per heavy atom. The van der Waals surface area contributed by atoms with Crippen LogP contribution in [0.5, 0.6) is 0 Å². The van der Waals surface area contributed by atoms with Crippen molar-refractivity contribution in [1.82, 2.24) is 20.1 Å². The summed E-state index contributed by atoms with van der Waals surface area (Å²) in [6.07, 6.45) is 3.00. The highest BCUT2D eigenvalue weighted by Gasteiger charge is 2.30. The van der Waals surface area contributed by atoms with Crippen molar-refractivity contribution in [2.75, 3.05) is 45.9 Å². The van der Waals surface area contributed by atoms with Crippen LogP contribution < -0.4 is 5.32 Å². The number of likely N-dealkylation sites (tertiary alicyclic amines) is 1. The van der Waals surface area contributed by atoms with Gasteiger partial charge >= 0.3 is 0 Å². The molecule has 0 bridgehead atoms. The third-order valence-corrected chi connectivity index (χ3v) is 5.02. The van der Waals surface area contributed by atoms with Crippen LogP contribution >= 0.6 is 0 Å². The second-order valence-corrected chi connectivity index (χ2v) is 8.08. The zero-order valence-electron chi connectivity index (χ0n) is 16.6. The Labute approximate surface area is 156 Å². The van der Waals surface area contributed by atoms with E-state index in [0.717, 1.165) is 57.7 Å². The Bertz CT molecular complexity index is 601. The molecular weight excluding hydrogens is 330 g/mol. The number of aliphatic imine (C=N–C) groups is 1. The molecule has 0 amide bonds. The molecule has 7 nitrogen and oxygen atoms in total. The minimum Gasteiger partial charge on any atom is -0.443 e. The van der Waals surface area contributed by atoms with Crippen molar-refractivity contribution in [2.24, 2.45) is 4.99 Å². The van der Waals surface area contributed by atoms with E-state index in [0.29, 0.717) is 18.5 Å². The summed E-state index contributed by atoms with van der Waals surface area (Å²) in [6, 6.07) is 0.594. The first-order valence-electron chi connectivity index (χ1n) is 9.77. The molecule has 0 radical (unpaired) electrons. The van der Waals surface area contributed by atoms with E-state index in [1.54, 1.807) is 0 Å². The van der Waals surface area contributed by atoms with Crippen molar-refractivity contribution in [3.63, 3.8) is 0 Å². The maximum atomic E-state index is 5.87. The smallest absolute Gasteiger partial charge is 0.216 e. The van der Waals surface area contributed by atoms with E-state index < -0.39 is 0 Å². The maximum absolute atomic E-state index is 5.87. The minimum atomic E-state index is -0.0280. The highest BCUT2D eigenvalue weighted by Crippen LogP contribution is 2.23. The van der Waals surface area contributed by atoms with Gasteiger partial charge in [-0.05, 0) is 13.3 Å². The number of morpholine rings is 1. The molecule has 3 heterocycles. The second kappa shape index (κ2) is 8.39. The van der Waals surface area contributed by atoms with Gasteiger partial charge in [0.05, 0.1) is 19.4 Å². The Kier molecular flexibility index (Phi) is 6.19. The number of hydrogen-bond donors (Lipinski definition) is 1. The van der Waals surface area contributed by atoms with E-state index in [-0.39, 0.29) is 5.41 Å². The monoisotopic (exact) mass is 363 g/mol. The van der Waals surface area contributed by atoms with Crippen LogP contribution in [0.4, 0.5) is 0 Å². The summed E-state index contributed by atoms with van der Waals surface area (Å²) >= 11 is 0. The summed E-state index contributed by atoms with van der Waals surface area (Å²) in [4.78, 5) is 14.1. The average molecular weight is 364 g/mol. The van der Waals surface area contributed by atoms with Gasteiger partial charge in [-0.25, -0.2) is 9.98 Å². The van der Waals surface area contributed by atoms with Crippen LogP contribution in [0.15, 0.2) is 15.6 Å². The lowest BCUT2D eigenvalue weighted by molar-refractivity contribution is 0.0195. The van der Waals surface area contributed by atoms with Gasteiger partial charge in [0.1, 0.15) is 12.3 Å². The number of guanidine groups is 1. The fourth-order valence-electron chi connectivity index (χ4n) is 3.47. The van der Waals surface area contributed by atoms with Crippen molar-refractivity contribution >= 4 is 5.96 Å². The molecule has 2 aliphatic heterocycles. The standard InChI is InChI=1S/C19H33N5O2/c1-5-20-18(22-13-17-21-12-16(26-17)19(2,3)4)24-7-6-15(14-24)23-8-10-25-11-9-23/h12,15H,5-11,13-14H2,1-4H3,(H,20,22). The molecule has 1 atom stereocenters. The van der Waals surface area contributed by atoms with E-state index in [2.05, 4.69) is 47.8 Å². The normalized spacial score (nSPS) is 22.8. The third kappa shape index (κ3) is 4.76. The molecule has 0 aliphatic carbocycles. The van der Waals surface area contributed by atoms with E-state index in [9.17, 15) is 0 Å². The molecule has 0 aromatic carbocycles. The molecule has 1 aromatic rings. The molecule has 1 N–H and O–H groups in total. The van der Waals surface area contributed by atoms with Crippen LogP contribution in [-0.2, 0) is 16.7 Å². The van der Waals surface area contributed by atoms with Gasteiger partial charge in [-0.15, -0.1) is 0 Å². The van der Waals surface area contributed by atoms with Crippen molar-refractivity contribution in [1.29, 1.82) is 0 Å². The van der Waals surface area contributed by atoms with E-state index in [1.165, 1.54) is 6.42 Å². The Morgan fingerprint density at radius 1 is 1.31 bits per heavy atom. The van der Waals surface area contributed by atoms with Gasteiger partial charge in [0, 0.05) is 44.2 Å². The molecule has 0 spiro atoms. The number of oxazole rings is 1. The largest absolute Gasteiger partial charge is 0.443 e. The SMILES string of the molecule is CCNC(=NCc1ncc(C(C)(C)C)o1)N1CCC(N2CCOCC2)C1. The zero-order valence-corrected chi connectivity index (χ0v) is 16.6. The topological polar surface area (TPSA) is 66.1 Å². The molecule has 26 heavy (non-hydrogen) atoms. The van der Waals surface area contributed by atoms with Crippen LogP contribution in [0.2, 0.25) is 0 Å². The number of rotatable bonds is 4. The number of nitrogens with one attached hydrogen (secondary N) is 1. The van der Waals surface area contributed by atoms with Gasteiger partial charge in [0.15, 0.2) is 5.96 Å². The lowest BCUT2D eigenvalue weighted by atomic mass is 9.94. The number of aromatic nitrogens is 1. The quantitative estimate of drug-likeness (QED) is 0.650. The summed E-state index contributed by atoms with van der Waals surface area (Å²) in [7, 11) is 0. The molecule has 1 aromatic heterocycles. The zero-order chi connectivity index (χ0) is 18.6. The average Bonchev–Trinajstić information content (AvgIpc) is 3.29. The summed E-state index contributed by atoms with van der Waals surface area (Å²) in [5, 5.41) is 3.42. The molecule has 3 rings (SSSR count). The van der Waals surface area contributed by atoms with E-state index >= 15 is 0 Å². The molecule has 2 saturated heterocycles. The summed E-state index contributed by atoms with van der Waals surface area (Å²) in [6.45, 7) is 15.6. The van der Waals surface area contributed by atoms with Gasteiger partial charge in [-0.3, -0.25) is 4.90 Å². The third-order valence-electron chi connectivity index (χ3n) is 5.02. The van der Waals surface area contributed by atoms with Crippen molar-refractivity contribution in [3.05, 3.63) is 17.8 Å². The van der Waals surface area contributed by atoms with Crippen LogP contribution in [0.25, 0.3) is 0 Å². The number of nitrogens with zero attached hydrogens (tertiary/aromatic N) is 4. The molecule has 2 aliphatic rings. The van der Waals surface area contributed by atoms with Crippen LogP contribution in [0, 0.1) is 0 Å². The lowest BCUT2D eigenvalue weighted by Gasteiger charge is -2.32. The van der Waals surface area contributed by atoms with Crippen molar-refractivity contribution in [3.8, 4) is 0 Å². The minimum absolute atomic E-state index is 0.0280. The first kappa shape index (κ1) is 19.2. The van der Waals surface area contributed by atoms with Crippen LogP contribution in [0.3, 0.4) is 0 Å². The highest BCUT2D eigenvalue weighted by atomic mass is 16.5. The molecule has 146 valence electrons. The fraction of sp³-hybridized carbons (Fsp3) is 0.789. The summed E-state index contributed by atoms with van der Waals surface area (Å²) in [5.74, 6) is 2.54. The second-order valence-electron chi connectivity index (χ2n) is 8.08. The maximum Gasteiger partial charge on any atom is 0.216 e. The highest BCUT2D eigenvalue weighted by molar-refractivity contribution is 5.80. The molecule has 0 saturated carbocycles. The van der Waals surface area contributed by atoms with Gasteiger partial charge in [0.2, 0.25) is 5.89 Å². The summed E-state index contributed by atoms with van der Waals surface area (Å²) in [5.41, 5.74) is -0.0280. The first-order valence-corrected chi connectivity index (χ1v) is 9.77. The molecule has 1 unspecified atom stereocenters.